The molecule has 0 aliphatic rings. The van der Waals surface area contributed by atoms with E-state index >= 15 is 0 Å². The molecule has 1 amide bonds. The van der Waals surface area contributed by atoms with E-state index in [1.807, 2.05) is 78.5 Å². The molecule has 130 valence electrons. The van der Waals surface area contributed by atoms with E-state index in [0.29, 0.717) is 13.1 Å². The SMILES string of the molecule is C[C@@H](Cn1ncc2ccccc21)C(=O)NCc1ccc2ccccc2n1. The first kappa shape index (κ1) is 16.3. The minimum Gasteiger partial charge on any atom is -0.350 e. The summed E-state index contributed by atoms with van der Waals surface area (Å²) in [6.07, 6.45) is 1.83. The van der Waals surface area contributed by atoms with Crippen LogP contribution in [-0.4, -0.2) is 20.7 Å². The summed E-state index contributed by atoms with van der Waals surface area (Å²) >= 11 is 0. The molecule has 1 atom stereocenters. The van der Waals surface area contributed by atoms with Crippen LogP contribution in [0.1, 0.15) is 12.6 Å². The molecule has 4 rings (SSSR count). The lowest BCUT2D eigenvalue weighted by molar-refractivity contribution is -0.125. The van der Waals surface area contributed by atoms with E-state index in [-0.39, 0.29) is 11.8 Å². The van der Waals surface area contributed by atoms with Crippen molar-refractivity contribution in [2.24, 2.45) is 5.92 Å². The fourth-order valence-electron chi connectivity index (χ4n) is 3.07. The molecule has 5 heteroatoms. The van der Waals surface area contributed by atoms with E-state index in [0.717, 1.165) is 27.5 Å². The summed E-state index contributed by atoms with van der Waals surface area (Å²) in [5.41, 5.74) is 2.84. The summed E-state index contributed by atoms with van der Waals surface area (Å²) in [6.45, 7) is 2.89. The number of benzene rings is 2. The van der Waals surface area contributed by atoms with Gasteiger partial charge in [0.05, 0.1) is 41.9 Å². The van der Waals surface area contributed by atoms with Crippen LogP contribution in [-0.2, 0) is 17.9 Å². The first-order chi connectivity index (χ1) is 12.7. The van der Waals surface area contributed by atoms with E-state index in [9.17, 15) is 4.79 Å². The first-order valence-electron chi connectivity index (χ1n) is 8.73. The highest BCUT2D eigenvalue weighted by Gasteiger charge is 2.15. The normalized spacial score (nSPS) is 12.3. The van der Waals surface area contributed by atoms with Gasteiger partial charge < -0.3 is 5.32 Å². The average molecular weight is 344 g/mol. The first-order valence-corrected chi connectivity index (χ1v) is 8.73. The van der Waals surface area contributed by atoms with E-state index in [2.05, 4.69) is 15.4 Å². The van der Waals surface area contributed by atoms with Crippen molar-refractivity contribution in [3.8, 4) is 0 Å². The maximum absolute atomic E-state index is 12.5. The summed E-state index contributed by atoms with van der Waals surface area (Å²) in [5, 5.41) is 9.56. The van der Waals surface area contributed by atoms with Crippen molar-refractivity contribution in [3.63, 3.8) is 0 Å². The van der Waals surface area contributed by atoms with Crippen LogP contribution >= 0.6 is 0 Å². The van der Waals surface area contributed by atoms with Gasteiger partial charge in [-0.3, -0.25) is 14.5 Å². The summed E-state index contributed by atoms with van der Waals surface area (Å²) in [5.74, 6) is -0.182. The molecule has 1 N–H and O–H groups in total. The zero-order chi connectivity index (χ0) is 17.9. The Labute approximate surface area is 151 Å². The predicted octanol–water partition coefficient (Wildman–Crippen LogP) is 3.54. The second kappa shape index (κ2) is 6.96. The van der Waals surface area contributed by atoms with E-state index in [1.54, 1.807) is 0 Å². The smallest absolute Gasteiger partial charge is 0.225 e. The standard InChI is InChI=1S/C21H20N4O/c1-15(14-25-20-9-5-3-7-17(20)12-23-25)21(26)22-13-18-11-10-16-6-2-4-8-19(16)24-18/h2-12,15H,13-14H2,1H3,(H,22,26)/t15-/m0/s1. The number of rotatable bonds is 5. The van der Waals surface area contributed by atoms with Crippen molar-refractivity contribution in [3.05, 3.63) is 72.6 Å². The quantitative estimate of drug-likeness (QED) is 0.602. The van der Waals surface area contributed by atoms with Crippen LogP contribution in [0.4, 0.5) is 0 Å². The number of para-hydroxylation sites is 2. The van der Waals surface area contributed by atoms with E-state index < -0.39 is 0 Å². The molecule has 0 fully saturated rings. The van der Waals surface area contributed by atoms with Crippen LogP contribution in [0.15, 0.2) is 66.9 Å². The van der Waals surface area contributed by atoms with Crippen LogP contribution in [0.2, 0.25) is 0 Å². The molecule has 0 spiro atoms. The van der Waals surface area contributed by atoms with Gasteiger partial charge in [0, 0.05) is 10.8 Å². The largest absolute Gasteiger partial charge is 0.350 e. The van der Waals surface area contributed by atoms with Crippen LogP contribution in [0.3, 0.4) is 0 Å². The Balaban J connectivity index is 1.40. The average Bonchev–Trinajstić information content (AvgIpc) is 3.09. The fraction of sp³-hybridized carbons (Fsp3) is 0.190. The summed E-state index contributed by atoms with van der Waals surface area (Å²) in [4.78, 5) is 17.1. The molecule has 2 aromatic carbocycles. The third kappa shape index (κ3) is 3.28. The van der Waals surface area contributed by atoms with Gasteiger partial charge >= 0.3 is 0 Å². The summed E-state index contributed by atoms with van der Waals surface area (Å²) in [6, 6.07) is 20.0. The lowest BCUT2D eigenvalue weighted by atomic mass is 10.1. The van der Waals surface area contributed by atoms with Gasteiger partial charge in [-0.1, -0.05) is 49.4 Å². The fourth-order valence-corrected chi connectivity index (χ4v) is 3.07. The number of hydrogen-bond donors (Lipinski definition) is 1. The Morgan fingerprint density at radius 1 is 1.04 bits per heavy atom. The number of nitrogens with zero attached hydrogens (tertiary/aromatic N) is 3. The van der Waals surface area contributed by atoms with Gasteiger partial charge in [0.25, 0.3) is 0 Å². The maximum atomic E-state index is 12.5. The monoisotopic (exact) mass is 344 g/mol. The lowest BCUT2D eigenvalue weighted by Gasteiger charge is -2.13. The second-order valence-electron chi connectivity index (χ2n) is 6.50. The number of amides is 1. The van der Waals surface area contributed by atoms with Crippen molar-refractivity contribution >= 4 is 27.7 Å². The van der Waals surface area contributed by atoms with Crippen molar-refractivity contribution in [2.75, 3.05) is 0 Å². The van der Waals surface area contributed by atoms with Gasteiger partial charge in [-0.25, -0.2) is 0 Å². The second-order valence-corrected chi connectivity index (χ2v) is 6.50. The Kier molecular flexibility index (Phi) is 4.35. The van der Waals surface area contributed by atoms with E-state index in [1.165, 1.54) is 0 Å². The molecule has 4 aromatic rings. The third-order valence-corrected chi connectivity index (χ3v) is 4.55. The highest BCUT2D eigenvalue weighted by Crippen LogP contribution is 2.15. The molecule has 0 aliphatic heterocycles. The van der Waals surface area contributed by atoms with Crippen molar-refractivity contribution in [1.82, 2.24) is 20.1 Å². The Bertz CT molecular complexity index is 1070. The zero-order valence-electron chi connectivity index (χ0n) is 14.6. The topological polar surface area (TPSA) is 59.8 Å². The molecular weight excluding hydrogens is 324 g/mol. The number of nitrogens with one attached hydrogen (secondary N) is 1. The van der Waals surface area contributed by atoms with Crippen molar-refractivity contribution in [2.45, 2.75) is 20.0 Å². The molecular formula is C21H20N4O. The molecule has 0 unspecified atom stereocenters. The molecule has 26 heavy (non-hydrogen) atoms. The summed E-state index contributed by atoms with van der Waals surface area (Å²) in [7, 11) is 0. The van der Waals surface area contributed by atoms with Gasteiger partial charge in [-0.2, -0.15) is 5.10 Å². The highest BCUT2D eigenvalue weighted by molar-refractivity contribution is 5.81. The number of carbonyl (C=O) groups excluding carboxylic acids is 1. The van der Waals surface area contributed by atoms with Gasteiger partial charge in [0.2, 0.25) is 5.91 Å². The molecule has 0 radical (unpaired) electrons. The maximum Gasteiger partial charge on any atom is 0.225 e. The van der Waals surface area contributed by atoms with Crippen LogP contribution < -0.4 is 5.32 Å². The molecule has 5 nitrogen and oxygen atoms in total. The number of pyridine rings is 1. The predicted molar refractivity (Wildman–Crippen MR) is 102 cm³/mol. The Morgan fingerprint density at radius 2 is 1.81 bits per heavy atom. The molecule has 0 saturated carbocycles. The van der Waals surface area contributed by atoms with Gasteiger partial charge in [-0.05, 0) is 18.2 Å². The number of hydrogen-bond acceptors (Lipinski definition) is 3. The number of fused-ring (bicyclic) bond motifs is 2. The Hall–Kier alpha value is -3.21. The third-order valence-electron chi connectivity index (χ3n) is 4.55. The minimum absolute atomic E-state index is 0.000426. The van der Waals surface area contributed by atoms with E-state index in [4.69, 9.17) is 0 Å². The highest BCUT2D eigenvalue weighted by atomic mass is 16.1. The number of carbonyl (C=O) groups is 1. The van der Waals surface area contributed by atoms with Crippen LogP contribution in [0.25, 0.3) is 21.8 Å². The molecule has 0 saturated heterocycles. The lowest BCUT2D eigenvalue weighted by Crippen LogP contribution is -2.31. The molecule has 2 heterocycles. The zero-order valence-corrected chi connectivity index (χ0v) is 14.6. The number of aromatic nitrogens is 3. The van der Waals surface area contributed by atoms with Gasteiger partial charge in [-0.15, -0.1) is 0 Å². The molecule has 0 bridgehead atoms. The van der Waals surface area contributed by atoms with Gasteiger partial charge in [0.1, 0.15) is 0 Å². The molecule has 2 aromatic heterocycles. The van der Waals surface area contributed by atoms with Crippen LogP contribution in [0.5, 0.6) is 0 Å². The van der Waals surface area contributed by atoms with Gasteiger partial charge in [0.15, 0.2) is 0 Å². The minimum atomic E-state index is -0.182. The van der Waals surface area contributed by atoms with Crippen LogP contribution in [0, 0.1) is 5.92 Å². The Morgan fingerprint density at radius 3 is 2.69 bits per heavy atom. The van der Waals surface area contributed by atoms with Crippen molar-refractivity contribution < 1.29 is 4.79 Å². The molecule has 0 aliphatic carbocycles. The van der Waals surface area contributed by atoms with Crippen molar-refractivity contribution in [1.29, 1.82) is 0 Å². The summed E-state index contributed by atoms with van der Waals surface area (Å²) < 4.78 is 1.88.